The minimum absolute atomic E-state index is 0.144. The lowest BCUT2D eigenvalue weighted by atomic mass is 10.3. The first kappa shape index (κ1) is 8.43. The van der Waals surface area contributed by atoms with E-state index in [4.69, 9.17) is 5.11 Å². The van der Waals surface area contributed by atoms with Crippen LogP contribution in [0, 0.1) is 0 Å². The van der Waals surface area contributed by atoms with Gasteiger partial charge in [-0.05, 0) is 12.1 Å². The molecule has 5 heteroatoms. The third-order valence-electron chi connectivity index (χ3n) is 1.74. The Labute approximate surface area is 80.1 Å². The number of anilines is 2. The van der Waals surface area contributed by atoms with Crippen molar-refractivity contribution >= 4 is 11.6 Å². The number of phenols is 2. The molecule has 0 aliphatic rings. The molecule has 0 aliphatic carbocycles. The van der Waals surface area contributed by atoms with Crippen LogP contribution in [0.1, 0.15) is 0 Å². The van der Waals surface area contributed by atoms with Gasteiger partial charge >= 0.3 is 0 Å². The summed E-state index contributed by atoms with van der Waals surface area (Å²) in [5.74, 6) is 0.270. The van der Waals surface area contributed by atoms with Gasteiger partial charge in [-0.3, -0.25) is 0 Å². The number of nitrogens with one attached hydrogen (secondary N) is 2. The molecule has 0 saturated carbocycles. The summed E-state index contributed by atoms with van der Waals surface area (Å²) < 4.78 is 0. The molecule has 0 fully saturated rings. The summed E-state index contributed by atoms with van der Waals surface area (Å²) in [5.41, 5.74) is 0.648. The largest absolute Gasteiger partial charge is 0.504 e. The van der Waals surface area contributed by atoms with Crippen LogP contribution in [0.25, 0.3) is 0 Å². The number of aromatic hydroxyl groups is 2. The van der Waals surface area contributed by atoms with Crippen LogP contribution in [-0.2, 0) is 0 Å². The van der Waals surface area contributed by atoms with Gasteiger partial charge in [0.1, 0.15) is 0 Å². The normalized spacial score (nSPS) is 10.0. The first-order valence-corrected chi connectivity index (χ1v) is 4.04. The minimum Gasteiger partial charge on any atom is -0.504 e. The maximum atomic E-state index is 9.21. The number of H-pyrrole nitrogens is 1. The Bertz CT molecular complexity index is 426. The lowest BCUT2D eigenvalue weighted by Gasteiger charge is -2.03. The fourth-order valence-corrected chi connectivity index (χ4v) is 1.07. The molecule has 0 aliphatic heterocycles. The van der Waals surface area contributed by atoms with Crippen molar-refractivity contribution in [3.05, 3.63) is 30.6 Å². The Balaban J connectivity index is 2.22. The zero-order valence-electron chi connectivity index (χ0n) is 7.23. The Morgan fingerprint density at radius 1 is 1.21 bits per heavy atom. The average Bonchev–Trinajstić information content (AvgIpc) is 2.64. The van der Waals surface area contributed by atoms with Crippen molar-refractivity contribution in [2.24, 2.45) is 0 Å². The molecule has 14 heavy (non-hydrogen) atoms. The van der Waals surface area contributed by atoms with Crippen molar-refractivity contribution in [1.29, 1.82) is 0 Å². The minimum atomic E-state index is -0.165. The molecule has 0 radical (unpaired) electrons. The number of rotatable bonds is 2. The molecule has 2 aromatic rings. The number of imidazole rings is 1. The van der Waals surface area contributed by atoms with Crippen molar-refractivity contribution in [3.63, 3.8) is 0 Å². The van der Waals surface area contributed by atoms with Gasteiger partial charge in [-0.15, -0.1) is 0 Å². The smallest absolute Gasteiger partial charge is 0.204 e. The first-order valence-electron chi connectivity index (χ1n) is 4.04. The van der Waals surface area contributed by atoms with Crippen LogP contribution < -0.4 is 5.32 Å². The van der Waals surface area contributed by atoms with Crippen LogP contribution in [0.5, 0.6) is 11.5 Å². The third kappa shape index (κ3) is 1.61. The molecule has 0 saturated heterocycles. The number of hydrogen-bond donors (Lipinski definition) is 4. The highest BCUT2D eigenvalue weighted by atomic mass is 16.3. The van der Waals surface area contributed by atoms with E-state index in [9.17, 15) is 5.11 Å². The van der Waals surface area contributed by atoms with E-state index >= 15 is 0 Å². The highest BCUT2D eigenvalue weighted by molar-refractivity contribution is 5.58. The van der Waals surface area contributed by atoms with Crippen LogP contribution in [0.2, 0.25) is 0 Å². The summed E-state index contributed by atoms with van der Waals surface area (Å²) in [6, 6.07) is 4.45. The van der Waals surface area contributed by atoms with Gasteiger partial charge in [0.05, 0.1) is 0 Å². The standard InChI is InChI=1S/C9H9N3O2/c13-7-2-1-6(5-8(7)14)12-9-10-3-4-11-9/h1-5,13-14H,(H2,10,11,12). The molecule has 0 spiro atoms. The SMILES string of the molecule is Oc1ccc(Nc2ncc[nH]2)cc1O. The topological polar surface area (TPSA) is 81.2 Å². The molecular formula is C9H9N3O2. The number of aromatic nitrogens is 2. The second-order valence-corrected chi connectivity index (χ2v) is 2.77. The summed E-state index contributed by atoms with van der Waals surface area (Å²) in [6.45, 7) is 0. The lowest BCUT2D eigenvalue weighted by Crippen LogP contribution is -1.91. The van der Waals surface area contributed by atoms with Crippen molar-refractivity contribution in [1.82, 2.24) is 9.97 Å². The molecule has 0 amide bonds. The fraction of sp³-hybridized carbons (Fsp3) is 0. The van der Waals surface area contributed by atoms with Crippen LogP contribution in [0.4, 0.5) is 11.6 Å². The van der Waals surface area contributed by atoms with Crippen LogP contribution in [-0.4, -0.2) is 20.2 Å². The van der Waals surface area contributed by atoms with E-state index in [1.165, 1.54) is 12.1 Å². The van der Waals surface area contributed by atoms with Gasteiger partial charge in [0.2, 0.25) is 5.95 Å². The molecule has 2 rings (SSSR count). The van der Waals surface area contributed by atoms with Gasteiger partial charge in [0, 0.05) is 24.1 Å². The van der Waals surface area contributed by atoms with Crippen LogP contribution in [0.15, 0.2) is 30.6 Å². The summed E-state index contributed by atoms with van der Waals surface area (Å²) in [7, 11) is 0. The molecule has 1 aromatic heterocycles. The summed E-state index contributed by atoms with van der Waals surface area (Å²) in [4.78, 5) is 6.81. The molecule has 4 N–H and O–H groups in total. The summed E-state index contributed by atoms with van der Waals surface area (Å²) >= 11 is 0. The maximum Gasteiger partial charge on any atom is 0.204 e. The monoisotopic (exact) mass is 191 g/mol. The summed E-state index contributed by atoms with van der Waals surface area (Å²) in [5, 5.41) is 21.2. The Hall–Kier alpha value is -2.17. The predicted molar refractivity (Wildman–Crippen MR) is 51.6 cm³/mol. The summed E-state index contributed by atoms with van der Waals surface area (Å²) in [6.07, 6.45) is 3.30. The highest BCUT2D eigenvalue weighted by Crippen LogP contribution is 2.28. The van der Waals surface area contributed by atoms with E-state index < -0.39 is 0 Å². The van der Waals surface area contributed by atoms with Gasteiger partial charge < -0.3 is 20.5 Å². The lowest BCUT2D eigenvalue weighted by molar-refractivity contribution is 0.404. The first-order chi connectivity index (χ1) is 6.75. The van der Waals surface area contributed by atoms with E-state index in [0.29, 0.717) is 11.6 Å². The molecule has 0 atom stereocenters. The van der Waals surface area contributed by atoms with Crippen molar-refractivity contribution in [2.75, 3.05) is 5.32 Å². The van der Waals surface area contributed by atoms with Crippen LogP contribution >= 0.6 is 0 Å². The number of benzene rings is 1. The number of phenolic OH excluding ortho intramolecular Hbond substituents is 2. The number of aromatic amines is 1. The molecule has 72 valence electrons. The quantitative estimate of drug-likeness (QED) is 0.429. The van der Waals surface area contributed by atoms with E-state index in [0.717, 1.165) is 0 Å². The molecule has 0 bridgehead atoms. The van der Waals surface area contributed by atoms with Gasteiger partial charge in [0.15, 0.2) is 11.5 Å². The molecule has 1 aromatic carbocycles. The molecule has 0 unspecified atom stereocenters. The Morgan fingerprint density at radius 2 is 2.07 bits per heavy atom. The predicted octanol–water partition coefficient (Wildman–Crippen LogP) is 1.56. The number of nitrogens with zero attached hydrogens (tertiary/aromatic N) is 1. The van der Waals surface area contributed by atoms with Gasteiger partial charge in [-0.2, -0.15) is 0 Å². The molecular weight excluding hydrogens is 182 g/mol. The molecule has 5 nitrogen and oxygen atoms in total. The van der Waals surface area contributed by atoms with E-state index in [2.05, 4.69) is 15.3 Å². The van der Waals surface area contributed by atoms with Crippen molar-refractivity contribution < 1.29 is 10.2 Å². The van der Waals surface area contributed by atoms with Crippen molar-refractivity contribution in [3.8, 4) is 11.5 Å². The zero-order chi connectivity index (χ0) is 9.97. The van der Waals surface area contributed by atoms with Gasteiger partial charge in [-0.1, -0.05) is 0 Å². The van der Waals surface area contributed by atoms with Crippen molar-refractivity contribution in [2.45, 2.75) is 0 Å². The maximum absolute atomic E-state index is 9.21. The molecule has 1 heterocycles. The van der Waals surface area contributed by atoms with E-state index in [1.54, 1.807) is 18.5 Å². The highest BCUT2D eigenvalue weighted by Gasteiger charge is 2.01. The Kier molecular flexibility index (Phi) is 1.98. The number of hydrogen-bond acceptors (Lipinski definition) is 4. The van der Waals surface area contributed by atoms with Gasteiger partial charge in [0.25, 0.3) is 0 Å². The average molecular weight is 191 g/mol. The van der Waals surface area contributed by atoms with E-state index in [-0.39, 0.29) is 11.5 Å². The van der Waals surface area contributed by atoms with Crippen LogP contribution in [0.3, 0.4) is 0 Å². The fourth-order valence-electron chi connectivity index (χ4n) is 1.07. The zero-order valence-corrected chi connectivity index (χ0v) is 7.23. The second kappa shape index (κ2) is 3.29. The third-order valence-corrected chi connectivity index (χ3v) is 1.74. The van der Waals surface area contributed by atoms with Gasteiger partial charge in [-0.25, -0.2) is 4.98 Å². The Morgan fingerprint density at radius 3 is 2.71 bits per heavy atom. The van der Waals surface area contributed by atoms with E-state index in [1.807, 2.05) is 0 Å². The second-order valence-electron chi connectivity index (χ2n) is 2.77.